The summed E-state index contributed by atoms with van der Waals surface area (Å²) in [5.74, 6) is -0.328. The first-order chi connectivity index (χ1) is 11.7. The molecule has 1 heterocycles. The molecule has 0 saturated carbocycles. The number of rotatable bonds is 6. The van der Waals surface area contributed by atoms with E-state index >= 15 is 0 Å². The quantitative estimate of drug-likeness (QED) is 0.424. The van der Waals surface area contributed by atoms with E-state index < -0.39 is 0 Å². The molecular formula is C18H18N2O3S. The van der Waals surface area contributed by atoms with Crippen LogP contribution in [0.2, 0.25) is 0 Å². The lowest BCUT2D eigenvalue weighted by Gasteiger charge is -2.08. The highest BCUT2D eigenvalue weighted by Crippen LogP contribution is 2.20. The first-order valence-electron chi connectivity index (χ1n) is 7.68. The predicted molar refractivity (Wildman–Crippen MR) is 95.7 cm³/mol. The lowest BCUT2D eigenvalue weighted by Crippen LogP contribution is -2.18. The zero-order chi connectivity index (χ0) is 16.9. The third-order valence-corrected chi connectivity index (χ3v) is 4.56. The molecule has 0 saturated heterocycles. The molecule has 0 fully saturated rings. The van der Waals surface area contributed by atoms with Crippen molar-refractivity contribution < 1.29 is 9.53 Å². The van der Waals surface area contributed by atoms with Crippen molar-refractivity contribution in [2.75, 3.05) is 12.9 Å². The van der Waals surface area contributed by atoms with Crippen molar-refractivity contribution in [3.63, 3.8) is 0 Å². The predicted octanol–water partition coefficient (Wildman–Crippen LogP) is 3.30. The van der Waals surface area contributed by atoms with E-state index in [2.05, 4.69) is 4.98 Å². The fourth-order valence-electron chi connectivity index (χ4n) is 2.61. The molecule has 6 heteroatoms. The van der Waals surface area contributed by atoms with Crippen LogP contribution in [0, 0.1) is 0 Å². The molecular weight excluding hydrogens is 324 g/mol. The molecule has 0 unspecified atom stereocenters. The van der Waals surface area contributed by atoms with Crippen molar-refractivity contribution in [3.05, 3.63) is 64.6 Å². The topological polar surface area (TPSA) is 64.1 Å². The van der Waals surface area contributed by atoms with Crippen molar-refractivity contribution >= 4 is 28.8 Å². The van der Waals surface area contributed by atoms with Gasteiger partial charge >= 0.3 is 11.7 Å². The molecule has 3 aromatic rings. The van der Waals surface area contributed by atoms with Crippen LogP contribution in [0.5, 0.6) is 0 Å². The largest absolute Gasteiger partial charge is 0.462 e. The second kappa shape index (κ2) is 7.40. The summed E-state index contributed by atoms with van der Waals surface area (Å²) in [6.45, 7) is 0.772. The molecule has 1 N–H and O–H groups in total. The maximum absolute atomic E-state index is 12.2. The van der Waals surface area contributed by atoms with Crippen molar-refractivity contribution in [1.82, 2.24) is 9.55 Å². The minimum atomic E-state index is -0.328. The monoisotopic (exact) mass is 342 g/mol. The molecule has 0 aliphatic rings. The van der Waals surface area contributed by atoms with E-state index in [0.29, 0.717) is 18.5 Å². The number of carbonyl (C=O) groups is 1. The Kier molecular flexibility index (Phi) is 5.05. The Morgan fingerprint density at radius 2 is 1.92 bits per heavy atom. The number of aromatic amines is 1. The number of ether oxygens (including phenoxy) is 1. The van der Waals surface area contributed by atoms with Gasteiger partial charge in [-0.1, -0.05) is 24.3 Å². The highest BCUT2D eigenvalue weighted by atomic mass is 32.2. The van der Waals surface area contributed by atoms with E-state index in [0.717, 1.165) is 15.9 Å². The fraction of sp³-hybridized carbons (Fsp3) is 0.222. The Balaban J connectivity index is 1.60. The lowest BCUT2D eigenvalue weighted by molar-refractivity contribution is 0.0492. The Bertz CT molecular complexity index is 914. The zero-order valence-electron chi connectivity index (χ0n) is 13.3. The number of imidazole rings is 1. The Morgan fingerprint density at radius 3 is 2.75 bits per heavy atom. The summed E-state index contributed by atoms with van der Waals surface area (Å²) < 4.78 is 7.01. The van der Waals surface area contributed by atoms with Crippen LogP contribution < -0.4 is 5.69 Å². The SMILES string of the molecule is CSc1ccccc1C(=O)OCCCn1c(=O)[nH]c2ccccc21. The number of thioether (sulfide) groups is 1. The van der Waals surface area contributed by atoms with Crippen molar-refractivity contribution in [3.8, 4) is 0 Å². The number of benzene rings is 2. The van der Waals surface area contributed by atoms with Gasteiger partial charge in [0.05, 0.1) is 23.2 Å². The molecule has 0 atom stereocenters. The smallest absolute Gasteiger partial charge is 0.339 e. The third-order valence-electron chi connectivity index (χ3n) is 3.77. The van der Waals surface area contributed by atoms with Crippen molar-refractivity contribution in [2.45, 2.75) is 17.9 Å². The van der Waals surface area contributed by atoms with Crippen LogP contribution in [-0.2, 0) is 11.3 Å². The summed E-state index contributed by atoms with van der Waals surface area (Å²) in [5, 5.41) is 0. The van der Waals surface area contributed by atoms with Gasteiger partial charge < -0.3 is 9.72 Å². The van der Waals surface area contributed by atoms with Crippen LogP contribution in [0.3, 0.4) is 0 Å². The third kappa shape index (κ3) is 3.38. The van der Waals surface area contributed by atoms with Crippen LogP contribution in [0.1, 0.15) is 16.8 Å². The van der Waals surface area contributed by atoms with Gasteiger partial charge in [0, 0.05) is 11.4 Å². The molecule has 0 bridgehead atoms. The van der Waals surface area contributed by atoms with E-state index in [-0.39, 0.29) is 18.3 Å². The van der Waals surface area contributed by atoms with Gasteiger partial charge in [-0.3, -0.25) is 4.57 Å². The number of para-hydroxylation sites is 2. The summed E-state index contributed by atoms with van der Waals surface area (Å²) in [6.07, 6.45) is 2.50. The molecule has 1 aromatic heterocycles. The van der Waals surface area contributed by atoms with Gasteiger partial charge in [-0.15, -0.1) is 11.8 Å². The van der Waals surface area contributed by atoms with Crippen LogP contribution in [0.4, 0.5) is 0 Å². The number of carbonyl (C=O) groups excluding carboxylic acids is 1. The molecule has 0 amide bonds. The summed E-state index contributed by atoms with van der Waals surface area (Å²) in [5.41, 5.74) is 2.11. The van der Waals surface area contributed by atoms with E-state index in [1.165, 1.54) is 11.8 Å². The number of hydrogen-bond donors (Lipinski definition) is 1. The molecule has 3 rings (SSSR count). The number of nitrogens with one attached hydrogen (secondary N) is 1. The van der Waals surface area contributed by atoms with Gasteiger partial charge in [0.25, 0.3) is 0 Å². The molecule has 24 heavy (non-hydrogen) atoms. The minimum Gasteiger partial charge on any atom is -0.462 e. The second-order valence-electron chi connectivity index (χ2n) is 5.29. The number of fused-ring (bicyclic) bond motifs is 1. The van der Waals surface area contributed by atoms with Crippen molar-refractivity contribution in [2.24, 2.45) is 0 Å². The number of esters is 1. The zero-order valence-corrected chi connectivity index (χ0v) is 14.1. The van der Waals surface area contributed by atoms with Gasteiger partial charge in [-0.05, 0) is 36.9 Å². The fourth-order valence-corrected chi connectivity index (χ4v) is 3.19. The molecule has 0 aliphatic carbocycles. The van der Waals surface area contributed by atoms with Gasteiger partial charge in [0.2, 0.25) is 0 Å². The maximum atomic E-state index is 12.2. The van der Waals surface area contributed by atoms with Gasteiger partial charge in [-0.25, -0.2) is 9.59 Å². The average molecular weight is 342 g/mol. The van der Waals surface area contributed by atoms with Crippen LogP contribution in [0.25, 0.3) is 11.0 Å². The number of nitrogens with zero attached hydrogens (tertiary/aromatic N) is 1. The van der Waals surface area contributed by atoms with E-state index in [1.807, 2.05) is 48.7 Å². The first-order valence-corrected chi connectivity index (χ1v) is 8.91. The Morgan fingerprint density at radius 1 is 1.17 bits per heavy atom. The standard InChI is InChI=1S/C18H18N2O3S/c1-24-16-10-5-2-7-13(16)17(21)23-12-6-11-20-15-9-4-3-8-14(15)19-18(20)22/h2-5,7-10H,6,11-12H2,1H3,(H,19,22). The molecule has 2 aromatic carbocycles. The normalized spacial score (nSPS) is 10.9. The Labute approximate surface area is 143 Å². The minimum absolute atomic E-state index is 0.143. The van der Waals surface area contributed by atoms with E-state index in [9.17, 15) is 9.59 Å². The number of aromatic nitrogens is 2. The molecule has 5 nitrogen and oxygen atoms in total. The molecule has 0 aliphatic heterocycles. The number of aryl methyl sites for hydroxylation is 1. The summed E-state index contributed by atoms with van der Waals surface area (Å²) >= 11 is 1.51. The van der Waals surface area contributed by atoms with Crippen LogP contribution >= 0.6 is 11.8 Å². The first kappa shape index (κ1) is 16.4. The molecule has 0 spiro atoms. The van der Waals surface area contributed by atoms with E-state index in [1.54, 1.807) is 10.6 Å². The van der Waals surface area contributed by atoms with Gasteiger partial charge in [0.15, 0.2) is 0 Å². The average Bonchev–Trinajstić information content (AvgIpc) is 2.93. The second-order valence-corrected chi connectivity index (χ2v) is 6.14. The van der Waals surface area contributed by atoms with E-state index in [4.69, 9.17) is 4.74 Å². The summed E-state index contributed by atoms with van der Waals surface area (Å²) in [6, 6.07) is 14.9. The van der Waals surface area contributed by atoms with Crippen LogP contribution in [0.15, 0.2) is 58.2 Å². The lowest BCUT2D eigenvalue weighted by atomic mass is 10.2. The number of H-pyrrole nitrogens is 1. The summed E-state index contributed by atoms with van der Waals surface area (Å²) in [4.78, 5) is 27.8. The Hall–Kier alpha value is -2.47. The van der Waals surface area contributed by atoms with Gasteiger partial charge in [-0.2, -0.15) is 0 Å². The highest BCUT2D eigenvalue weighted by Gasteiger charge is 2.12. The van der Waals surface area contributed by atoms with Crippen LogP contribution in [-0.4, -0.2) is 28.4 Å². The molecule has 124 valence electrons. The number of hydrogen-bond acceptors (Lipinski definition) is 4. The highest BCUT2D eigenvalue weighted by molar-refractivity contribution is 7.98. The van der Waals surface area contributed by atoms with Crippen molar-refractivity contribution in [1.29, 1.82) is 0 Å². The maximum Gasteiger partial charge on any atom is 0.339 e. The van der Waals surface area contributed by atoms with Gasteiger partial charge in [0.1, 0.15) is 0 Å². The summed E-state index contributed by atoms with van der Waals surface area (Å²) in [7, 11) is 0. The molecule has 0 radical (unpaired) electrons.